The summed E-state index contributed by atoms with van der Waals surface area (Å²) in [5.74, 6) is 0.244. The number of amides is 2. The van der Waals surface area contributed by atoms with Crippen LogP contribution in [0.4, 0.5) is 16.5 Å². The Hall–Kier alpha value is -2.91. The number of rotatable bonds is 9. The van der Waals surface area contributed by atoms with Crippen molar-refractivity contribution in [2.45, 2.75) is 37.7 Å². The van der Waals surface area contributed by atoms with Crippen molar-refractivity contribution in [1.29, 1.82) is 0 Å². The fraction of sp³-hybridized carbons (Fsp3) is 0.273. The second-order valence-corrected chi connectivity index (χ2v) is 9.35. The van der Waals surface area contributed by atoms with E-state index < -0.39 is 0 Å². The highest BCUT2D eigenvalue weighted by atomic mass is 32.2. The molecule has 3 aromatic rings. The van der Waals surface area contributed by atoms with E-state index in [0.29, 0.717) is 23.1 Å². The average Bonchev–Trinajstić information content (AvgIpc) is 3.18. The van der Waals surface area contributed by atoms with Gasteiger partial charge in [0.05, 0.1) is 5.75 Å². The standard InChI is InChI=1S/C22H25N5O2S2/c1-15(2)27(13-17-8-5-4-6-9-17)20(29)14-30-22-26-25-21(31-22)24-19-11-7-10-18(12-19)23-16(3)28/h4-12,15H,13-14H2,1-3H3,(H,23,28)(H,24,25). The summed E-state index contributed by atoms with van der Waals surface area (Å²) >= 11 is 2.77. The number of anilines is 3. The third kappa shape index (κ3) is 7.08. The Kier molecular flexibility index (Phi) is 8.02. The molecule has 1 heterocycles. The molecule has 0 saturated heterocycles. The van der Waals surface area contributed by atoms with E-state index in [0.717, 1.165) is 15.6 Å². The smallest absolute Gasteiger partial charge is 0.233 e. The zero-order valence-electron chi connectivity index (χ0n) is 17.7. The second-order valence-electron chi connectivity index (χ2n) is 7.15. The first kappa shape index (κ1) is 22.8. The molecule has 162 valence electrons. The van der Waals surface area contributed by atoms with Gasteiger partial charge >= 0.3 is 0 Å². The van der Waals surface area contributed by atoms with Crippen LogP contribution in [0.2, 0.25) is 0 Å². The highest BCUT2D eigenvalue weighted by molar-refractivity contribution is 8.01. The van der Waals surface area contributed by atoms with Gasteiger partial charge in [-0.25, -0.2) is 0 Å². The minimum absolute atomic E-state index is 0.0663. The van der Waals surface area contributed by atoms with E-state index in [4.69, 9.17) is 0 Å². The first-order valence-corrected chi connectivity index (χ1v) is 11.7. The van der Waals surface area contributed by atoms with Crippen LogP contribution in [0.25, 0.3) is 0 Å². The van der Waals surface area contributed by atoms with Crippen molar-refractivity contribution in [3.8, 4) is 0 Å². The fourth-order valence-electron chi connectivity index (χ4n) is 2.87. The number of thioether (sulfide) groups is 1. The number of carbonyl (C=O) groups is 2. The van der Waals surface area contributed by atoms with Gasteiger partial charge in [-0.3, -0.25) is 9.59 Å². The number of hydrogen-bond donors (Lipinski definition) is 2. The molecule has 9 heteroatoms. The minimum Gasteiger partial charge on any atom is -0.335 e. The first-order valence-electron chi connectivity index (χ1n) is 9.85. The molecule has 7 nitrogen and oxygen atoms in total. The molecule has 2 N–H and O–H groups in total. The monoisotopic (exact) mass is 455 g/mol. The van der Waals surface area contributed by atoms with Crippen molar-refractivity contribution in [2.75, 3.05) is 16.4 Å². The Morgan fingerprint density at radius 1 is 1.06 bits per heavy atom. The minimum atomic E-state index is -0.126. The molecule has 2 aromatic carbocycles. The molecule has 2 amide bonds. The predicted molar refractivity (Wildman–Crippen MR) is 127 cm³/mol. The molecule has 0 radical (unpaired) electrons. The molecular weight excluding hydrogens is 430 g/mol. The van der Waals surface area contributed by atoms with Crippen LogP contribution in [0, 0.1) is 0 Å². The lowest BCUT2D eigenvalue weighted by Gasteiger charge is -2.26. The maximum absolute atomic E-state index is 12.8. The molecule has 1 aromatic heterocycles. The van der Waals surface area contributed by atoms with Crippen molar-refractivity contribution in [1.82, 2.24) is 15.1 Å². The summed E-state index contributed by atoms with van der Waals surface area (Å²) in [4.78, 5) is 25.9. The molecule has 0 aliphatic heterocycles. The van der Waals surface area contributed by atoms with Gasteiger partial charge in [0, 0.05) is 30.9 Å². The van der Waals surface area contributed by atoms with E-state index in [1.165, 1.54) is 30.0 Å². The van der Waals surface area contributed by atoms with E-state index in [1.807, 2.05) is 73.3 Å². The van der Waals surface area contributed by atoms with E-state index in [2.05, 4.69) is 20.8 Å². The number of carbonyl (C=O) groups excluding carboxylic acids is 2. The van der Waals surface area contributed by atoms with Crippen LogP contribution < -0.4 is 10.6 Å². The molecule has 0 unspecified atom stereocenters. The molecule has 31 heavy (non-hydrogen) atoms. The lowest BCUT2D eigenvalue weighted by Crippen LogP contribution is -2.37. The van der Waals surface area contributed by atoms with Crippen molar-refractivity contribution in [3.63, 3.8) is 0 Å². The number of nitrogens with zero attached hydrogens (tertiary/aromatic N) is 3. The Bertz CT molecular complexity index is 1020. The highest BCUT2D eigenvalue weighted by Crippen LogP contribution is 2.29. The third-order valence-electron chi connectivity index (χ3n) is 4.30. The van der Waals surface area contributed by atoms with Gasteiger partial charge in [-0.15, -0.1) is 10.2 Å². The Labute approximate surface area is 190 Å². The van der Waals surface area contributed by atoms with Crippen LogP contribution >= 0.6 is 23.1 Å². The summed E-state index contributed by atoms with van der Waals surface area (Å²) in [6.45, 7) is 6.10. The normalized spacial score (nSPS) is 10.7. The molecule has 0 aliphatic carbocycles. The van der Waals surface area contributed by atoms with E-state index >= 15 is 0 Å². The maximum atomic E-state index is 12.8. The van der Waals surface area contributed by atoms with Crippen LogP contribution in [-0.4, -0.2) is 38.7 Å². The number of benzene rings is 2. The van der Waals surface area contributed by atoms with Gasteiger partial charge in [0.25, 0.3) is 0 Å². The second kappa shape index (κ2) is 10.9. The molecule has 0 saturated carbocycles. The predicted octanol–water partition coefficient (Wildman–Crippen LogP) is 4.77. The van der Waals surface area contributed by atoms with Gasteiger partial charge in [-0.05, 0) is 37.6 Å². The molecule has 3 rings (SSSR count). The maximum Gasteiger partial charge on any atom is 0.233 e. The van der Waals surface area contributed by atoms with Crippen molar-refractivity contribution in [3.05, 3.63) is 60.2 Å². The lowest BCUT2D eigenvalue weighted by atomic mass is 10.2. The topological polar surface area (TPSA) is 87.2 Å². The molecule has 0 bridgehead atoms. The van der Waals surface area contributed by atoms with E-state index in [-0.39, 0.29) is 17.9 Å². The summed E-state index contributed by atoms with van der Waals surface area (Å²) < 4.78 is 0.720. The lowest BCUT2D eigenvalue weighted by molar-refractivity contribution is -0.130. The van der Waals surface area contributed by atoms with Crippen LogP contribution in [0.3, 0.4) is 0 Å². The van der Waals surface area contributed by atoms with Gasteiger partial charge in [0.1, 0.15) is 0 Å². The van der Waals surface area contributed by atoms with Gasteiger partial charge in [-0.1, -0.05) is 59.5 Å². The van der Waals surface area contributed by atoms with Crippen LogP contribution in [0.1, 0.15) is 26.3 Å². The molecule has 0 atom stereocenters. The zero-order chi connectivity index (χ0) is 22.2. The van der Waals surface area contributed by atoms with Crippen molar-refractivity contribution < 1.29 is 9.59 Å². The summed E-state index contributed by atoms with van der Waals surface area (Å²) in [7, 11) is 0. The Morgan fingerprint density at radius 2 is 1.81 bits per heavy atom. The quantitative estimate of drug-likeness (QED) is 0.452. The van der Waals surface area contributed by atoms with Crippen molar-refractivity contribution in [2.24, 2.45) is 0 Å². The molecular formula is C22H25N5O2S2. The SMILES string of the molecule is CC(=O)Nc1cccc(Nc2nnc(SCC(=O)N(Cc3ccccc3)C(C)C)s2)c1. The Balaban J connectivity index is 1.56. The molecule has 0 spiro atoms. The van der Waals surface area contributed by atoms with E-state index in [9.17, 15) is 9.59 Å². The van der Waals surface area contributed by atoms with Gasteiger partial charge < -0.3 is 15.5 Å². The summed E-state index contributed by atoms with van der Waals surface area (Å²) in [5.41, 5.74) is 2.61. The largest absolute Gasteiger partial charge is 0.335 e. The van der Waals surface area contributed by atoms with Crippen LogP contribution in [0.15, 0.2) is 58.9 Å². The van der Waals surface area contributed by atoms with Crippen LogP contribution in [-0.2, 0) is 16.1 Å². The fourth-order valence-corrected chi connectivity index (χ4v) is 4.52. The summed E-state index contributed by atoms with van der Waals surface area (Å²) in [6.07, 6.45) is 0. The van der Waals surface area contributed by atoms with Crippen LogP contribution in [0.5, 0.6) is 0 Å². The number of hydrogen-bond acceptors (Lipinski definition) is 7. The first-order chi connectivity index (χ1) is 14.9. The molecule has 0 fully saturated rings. The Morgan fingerprint density at radius 3 is 2.52 bits per heavy atom. The molecule has 0 aliphatic rings. The number of nitrogens with one attached hydrogen (secondary N) is 2. The van der Waals surface area contributed by atoms with Gasteiger partial charge in [0.15, 0.2) is 4.34 Å². The third-order valence-corrected chi connectivity index (χ3v) is 6.26. The van der Waals surface area contributed by atoms with E-state index in [1.54, 1.807) is 0 Å². The summed E-state index contributed by atoms with van der Waals surface area (Å²) in [5, 5.41) is 14.9. The average molecular weight is 456 g/mol. The summed E-state index contributed by atoms with van der Waals surface area (Å²) in [6, 6.07) is 17.5. The van der Waals surface area contributed by atoms with Gasteiger partial charge in [-0.2, -0.15) is 0 Å². The number of aromatic nitrogens is 2. The van der Waals surface area contributed by atoms with Gasteiger partial charge in [0.2, 0.25) is 16.9 Å². The zero-order valence-corrected chi connectivity index (χ0v) is 19.3. The highest BCUT2D eigenvalue weighted by Gasteiger charge is 2.18. The van der Waals surface area contributed by atoms with Crippen molar-refractivity contribution >= 4 is 51.4 Å².